The first kappa shape index (κ1) is 17.5. The van der Waals surface area contributed by atoms with Gasteiger partial charge in [0.25, 0.3) is 5.56 Å². The molecule has 0 bridgehead atoms. The summed E-state index contributed by atoms with van der Waals surface area (Å²) in [7, 11) is 0. The van der Waals surface area contributed by atoms with E-state index in [0.717, 1.165) is 10.1 Å². The molecule has 0 fully saturated rings. The van der Waals surface area contributed by atoms with Gasteiger partial charge in [0.2, 0.25) is 5.91 Å². The van der Waals surface area contributed by atoms with Gasteiger partial charge in [-0.05, 0) is 13.8 Å². The first-order valence-corrected chi connectivity index (χ1v) is 8.39. The topological polar surface area (TPSA) is 98.9 Å². The van der Waals surface area contributed by atoms with Crippen LogP contribution in [0.25, 0.3) is 22.4 Å². The molecule has 0 saturated carbocycles. The van der Waals surface area contributed by atoms with E-state index in [4.69, 9.17) is 0 Å². The maximum atomic E-state index is 12.7. The number of likely N-dealkylation sites (N-methyl/N-ethyl adjacent to an activating group) is 1. The van der Waals surface area contributed by atoms with Crippen molar-refractivity contribution >= 4 is 16.9 Å². The molecule has 2 aromatic heterocycles. The highest BCUT2D eigenvalue weighted by Crippen LogP contribution is 2.15. The van der Waals surface area contributed by atoms with Gasteiger partial charge in [0.1, 0.15) is 11.9 Å². The van der Waals surface area contributed by atoms with Crippen molar-refractivity contribution in [3.8, 4) is 11.4 Å². The number of nitrogens with one attached hydrogen (secondary N) is 1. The summed E-state index contributed by atoms with van der Waals surface area (Å²) < 4.78 is 2.30. The van der Waals surface area contributed by atoms with E-state index in [2.05, 4.69) is 15.3 Å². The fourth-order valence-corrected chi connectivity index (χ4v) is 2.75. The summed E-state index contributed by atoms with van der Waals surface area (Å²) in [5, 5.41) is 2.79. The van der Waals surface area contributed by atoms with Gasteiger partial charge in [0, 0.05) is 24.8 Å². The third-order valence-corrected chi connectivity index (χ3v) is 3.99. The predicted molar refractivity (Wildman–Crippen MR) is 97.9 cm³/mol. The molecule has 0 aliphatic rings. The summed E-state index contributed by atoms with van der Waals surface area (Å²) >= 11 is 0. The van der Waals surface area contributed by atoms with Crippen molar-refractivity contribution in [2.45, 2.75) is 26.9 Å². The van der Waals surface area contributed by atoms with Crippen molar-refractivity contribution in [2.75, 3.05) is 6.54 Å². The summed E-state index contributed by atoms with van der Waals surface area (Å²) in [5.74, 6) is 0.0381. The van der Waals surface area contributed by atoms with E-state index in [1.807, 2.05) is 30.3 Å². The standard InChI is InChI=1S/C18H19N5O3/c1-3-19-14(24)11-23-17(25)13-10-20-15(12-8-6-5-7-9-12)21-16(13)22(4-2)18(23)26/h5-10H,3-4,11H2,1-2H3,(H,19,24). The minimum absolute atomic E-state index is 0.204. The summed E-state index contributed by atoms with van der Waals surface area (Å²) in [5.41, 5.74) is -0.0750. The number of aryl methyl sites for hydroxylation is 1. The summed E-state index contributed by atoms with van der Waals surface area (Å²) in [6.07, 6.45) is 1.41. The molecule has 3 rings (SSSR count). The molecule has 0 spiro atoms. The SMILES string of the molecule is CCNC(=O)Cn1c(=O)c2cnc(-c3ccccc3)nc2n(CC)c1=O. The smallest absolute Gasteiger partial charge is 0.333 e. The molecular formula is C18H19N5O3. The zero-order valence-electron chi connectivity index (χ0n) is 14.6. The Hall–Kier alpha value is -3.29. The minimum Gasteiger partial charge on any atom is -0.355 e. The van der Waals surface area contributed by atoms with Crippen LogP contribution in [0.4, 0.5) is 0 Å². The summed E-state index contributed by atoms with van der Waals surface area (Å²) in [6.45, 7) is 3.96. The molecule has 3 aromatic rings. The first-order valence-electron chi connectivity index (χ1n) is 8.39. The number of hydrogen-bond donors (Lipinski definition) is 1. The van der Waals surface area contributed by atoms with Crippen LogP contribution in [0.5, 0.6) is 0 Å². The van der Waals surface area contributed by atoms with Crippen LogP contribution in [0.3, 0.4) is 0 Å². The molecule has 0 aliphatic carbocycles. The highest BCUT2D eigenvalue weighted by Gasteiger charge is 2.17. The lowest BCUT2D eigenvalue weighted by Gasteiger charge is -2.12. The van der Waals surface area contributed by atoms with E-state index in [0.29, 0.717) is 18.9 Å². The number of fused-ring (bicyclic) bond motifs is 1. The Kier molecular flexibility index (Phi) is 4.92. The van der Waals surface area contributed by atoms with Crippen molar-refractivity contribution in [2.24, 2.45) is 0 Å². The van der Waals surface area contributed by atoms with E-state index in [9.17, 15) is 14.4 Å². The van der Waals surface area contributed by atoms with Crippen LogP contribution in [-0.2, 0) is 17.9 Å². The van der Waals surface area contributed by atoms with E-state index in [1.165, 1.54) is 10.8 Å². The van der Waals surface area contributed by atoms with Crippen LogP contribution in [0.15, 0.2) is 46.1 Å². The number of hydrogen-bond acceptors (Lipinski definition) is 5. The number of rotatable bonds is 5. The van der Waals surface area contributed by atoms with Crippen molar-refractivity contribution < 1.29 is 4.79 Å². The van der Waals surface area contributed by atoms with E-state index >= 15 is 0 Å². The molecule has 0 unspecified atom stereocenters. The van der Waals surface area contributed by atoms with Crippen LogP contribution in [0.2, 0.25) is 0 Å². The lowest BCUT2D eigenvalue weighted by molar-refractivity contribution is -0.121. The average Bonchev–Trinajstić information content (AvgIpc) is 2.66. The van der Waals surface area contributed by atoms with Crippen LogP contribution in [0.1, 0.15) is 13.8 Å². The fraction of sp³-hybridized carbons (Fsp3) is 0.278. The normalized spacial score (nSPS) is 10.8. The summed E-state index contributed by atoms with van der Waals surface area (Å²) in [6, 6.07) is 9.31. The van der Waals surface area contributed by atoms with Crippen molar-refractivity contribution in [3.05, 3.63) is 57.4 Å². The minimum atomic E-state index is -0.569. The van der Waals surface area contributed by atoms with E-state index in [-0.39, 0.29) is 17.6 Å². The van der Waals surface area contributed by atoms with Crippen LogP contribution >= 0.6 is 0 Å². The number of amides is 1. The number of nitrogens with zero attached hydrogens (tertiary/aromatic N) is 4. The van der Waals surface area contributed by atoms with Crippen LogP contribution < -0.4 is 16.6 Å². The molecule has 0 atom stereocenters. The molecule has 1 aromatic carbocycles. The number of carbonyl (C=O) groups is 1. The lowest BCUT2D eigenvalue weighted by Crippen LogP contribution is -2.44. The second-order valence-electron chi connectivity index (χ2n) is 5.67. The number of benzene rings is 1. The van der Waals surface area contributed by atoms with Gasteiger partial charge < -0.3 is 5.32 Å². The highest BCUT2D eigenvalue weighted by molar-refractivity contribution is 5.78. The van der Waals surface area contributed by atoms with E-state index in [1.54, 1.807) is 13.8 Å². The Bertz CT molecular complexity index is 1070. The highest BCUT2D eigenvalue weighted by atomic mass is 16.2. The average molecular weight is 353 g/mol. The second-order valence-corrected chi connectivity index (χ2v) is 5.67. The molecule has 8 nitrogen and oxygen atoms in total. The van der Waals surface area contributed by atoms with Gasteiger partial charge in [-0.25, -0.2) is 14.8 Å². The van der Waals surface area contributed by atoms with E-state index < -0.39 is 17.2 Å². The predicted octanol–water partition coefficient (Wildman–Crippen LogP) is 0.776. The Balaban J connectivity index is 2.22. The largest absolute Gasteiger partial charge is 0.355 e. The first-order chi connectivity index (χ1) is 12.6. The Morgan fingerprint density at radius 2 is 1.85 bits per heavy atom. The van der Waals surface area contributed by atoms with Crippen molar-refractivity contribution in [1.29, 1.82) is 0 Å². The molecule has 1 amide bonds. The van der Waals surface area contributed by atoms with Crippen molar-refractivity contribution in [3.63, 3.8) is 0 Å². The fourth-order valence-electron chi connectivity index (χ4n) is 2.75. The Morgan fingerprint density at radius 1 is 1.12 bits per heavy atom. The summed E-state index contributed by atoms with van der Waals surface area (Å²) in [4.78, 5) is 45.9. The lowest BCUT2D eigenvalue weighted by atomic mass is 10.2. The van der Waals surface area contributed by atoms with Gasteiger partial charge >= 0.3 is 5.69 Å². The second kappa shape index (κ2) is 7.30. The Labute approximate surface area is 149 Å². The van der Waals surface area contributed by atoms with Crippen molar-refractivity contribution in [1.82, 2.24) is 24.4 Å². The van der Waals surface area contributed by atoms with Gasteiger partial charge in [-0.15, -0.1) is 0 Å². The maximum Gasteiger partial charge on any atom is 0.333 e. The quantitative estimate of drug-likeness (QED) is 0.731. The molecular weight excluding hydrogens is 334 g/mol. The zero-order valence-corrected chi connectivity index (χ0v) is 14.6. The molecule has 134 valence electrons. The molecule has 0 saturated heterocycles. The molecule has 2 heterocycles. The number of aromatic nitrogens is 4. The molecule has 0 aliphatic heterocycles. The van der Waals surface area contributed by atoms with Gasteiger partial charge in [-0.3, -0.25) is 18.7 Å². The van der Waals surface area contributed by atoms with Gasteiger partial charge in [0.15, 0.2) is 11.5 Å². The third kappa shape index (κ3) is 3.13. The molecule has 1 N–H and O–H groups in total. The molecule has 0 radical (unpaired) electrons. The monoisotopic (exact) mass is 353 g/mol. The third-order valence-electron chi connectivity index (χ3n) is 3.99. The van der Waals surface area contributed by atoms with Gasteiger partial charge in [0.05, 0.1) is 0 Å². The van der Waals surface area contributed by atoms with Crippen LogP contribution in [0, 0.1) is 0 Å². The van der Waals surface area contributed by atoms with Gasteiger partial charge in [-0.2, -0.15) is 0 Å². The van der Waals surface area contributed by atoms with Crippen LogP contribution in [-0.4, -0.2) is 31.6 Å². The van der Waals surface area contributed by atoms with Gasteiger partial charge in [-0.1, -0.05) is 30.3 Å². The molecule has 8 heteroatoms. The Morgan fingerprint density at radius 3 is 2.50 bits per heavy atom. The molecule has 26 heavy (non-hydrogen) atoms. The maximum absolute atomic E-state index is 12.7. The number of carbonyl (C=O) groups excluding carboxylic acids is 1. The zero-order chi connectivity index (χ0) is 18.7.